The van der Waals surface area contributed by atoms with E-state index in [9.17, 15) is 13.2 Å². The molecule has 7 heteroatoms. The Balaban J connectivity index is 2.24. The lowest BCUT2D eigenvalue weighted by molar-refractivity contribution is -0.118. The number of nitrogens with one attached hydrogen (secondary N) is 2. The fourth-order valence-corrected chi connectivity index (χ4v) is 3.98. The molecule has 0 heterocycles. The van der Waals surface area contributed by atoms with E-state index >= 15 is 0 Å². The van der Waals surface area contributed by atoms with Crippen molar-refractivity contribution in [2.45, 2.75) is 45.1 Å². The molecule has 0 aromatic heterocycles. The lowest BCUT2D eigenvalue weighted by Crippen LogP contribution is -2.44. The lowest BCUT2D eigenvalue weighted by Gasteiger charge is -2.21. The van der Waals surface area contributed by atoms with Crippen molar-refractivity contribution in [3.05, 3.63) is 58.6 Å². The summed E-state index contributed by atoms with van der Waals surface area (Å²) in [5.74, 6) is -0.285. The van der Waals surface area contributed by atoms with Gasteiger partial charge in [0.1, 0.15) is 6.04 Å². The minimum atomic E-state index is -3.81. The molecule has 0 saturated heterocycles. The van der Waals surface area contributed by atoms with Crippen LogP contribution in [0.25, 0.3) is 0 Å². The fourth-order valence-electron chi connectivity index (χ4n) is 2.60. The van der Waals surface area contributed by atoms with Crippen LogP contribution in [0.2, 0.25) is 5.02 Å². The highest BCUT2D eigenvalue weighted by molar-refractivity contribution is 7.89. The molecule has 0 aliphatic carbocycles. The second-order valence-electron chi connectivity index (χ2n) is 7.06. The average molecular weight is 409 g/mol. The molecule has 2 aromatic carbocycles. The Hall–Kier alpha value is -1.89. The maximum atomic E-state index is 12.8. The minimum absolute atomic E-state index is 0.127. The second-order valence-corrected chi connectivity index (χ2v) is 9.22. The van der Waals surface area contributed by atoms with Gasteiger partial charge in [0.15, 0.2) is 0 Å². The van der Waals surface area contributed by atoms with E-state index in [2.05, 4.69) is 10.0 Å². The van der Waals surface area contributed by atoms with E-state index in [-0.39, 0.29) is 10.8 Å². The normalized spacial score (nSPS) is 12.8. The zero-order valence-electron chi connectivity index (χ0n) is 15.9. The molecule has 2 rings (SSSR count). The van der Waals surface area contributed by atoms with Crippen molar-refractivity contribution in [2.75, 3.05) is 5.32 Å². The van der Waals surface area contributed by atoms with Crippen molar-refractivity contribution in [2.24, 2.45) is 5.92 Å². The average Bonchev–Trinajstić information content (AvgIpc) is 2.57. The molecule has 2 aromatic rings. The number of anilines is 1. The molecule has 1 atom stereocenters. The van der Waals surface area contributed by atoms with Crippen molar-refractivity contribution in [1.29, 1.82) is 0 Å². The van der Waals surface area contributed by atoms with E-state index in [1.54, 1.807) is 30.3 Å². The third-order valence-corrected chi connectivity index (χ3v) is 5.83. The van der Waals surface area contributed by atoms with Crippen LogP contribution in [0.3, 0.4) is 0 Å². The SMILES string of the molecule is Cc1ccc(S(=O)(=O)N[C@@H](CC(C)C)C(=O)Nc2cc(Cl)ccc2C)cc1. The summed E-state index contributed by atoms with van der Waals surface area (Å²) in [5.41, 5.74) is 2.37. The van der Waals surface area contributed by atoms with Crippen molar-refractivity contribution < 1.29 is 13.2 Å². The zero-order valence-corrected chi connectivity index (χ0v) is 17.5. The fraction of sp³-hybridized carbons (Fsp3) is 0.350. The van der Waals surface area contributed by atoms with Gasteiger partial charge in [-0.05, 0) is 56.0 Å². The third-order valence-electron chi connectivity index (χ3n) is 4.11. The highest BCUT2D eigenvalue weighted by Gasteiger charge is 2.27. The molecule has 5 nitrogen and oxygen atoms in total. The van der Waals surface area contributed by atoms with Crippen LogP contribution in [-0.4, -0.2) is 20.4 Å². The number of aryl methyl sites for hydroxylation is 2. The van der Waals surface area contributed by atoms with Gasteiger partial charge in [-0.3, -0.25) is 4.79 Å². The van der Waals surface area contributed by atoms with Crippen LogP contribution >= 0.6 is 11.6 Å². The number of amides is 1. The summed E-state index contributed by atoms with van der Waals surface area (Å²) in [4.78, 5) is 12.9. The molecule has 0 bridgehead atoms. The first-order valence-corrected chi connectivity index (χ1v) is 10.6. The van der Waals surface area contributed by atoms with E-state index in [0.29, 0.717) is 17.1 Å². The van der Waals surface area contributed by atoms with Crippen molar-refractivity contribution in [3.63, 3.8) is 0 Å². The molecule has 27 heavy (non-hydrogen) atoms. The molecular weight excluding hydrogens is 384 g/mol. The number of benzene rings is 2. The molecule has 0 unspecified atom stereocenters. The Morgan fingerprint density at radius 3 is 2.30 bits per heavy atom. The van der Waals surface area contributed by atoms with Gasteiger partial charge in [-0.1, -0.05) is 49.2 Å². The number of carbonyl (C=O) groups is 1. The number of rotatable bonds is 7. The van der Waals surface area contributed by atoms with Crippen LogP contribution in [0, 0.1) is 19.8 Å². The molecule has 0 radical (unpaired) electrons. The topological polar surface area (TPSA) is 75.3 Å². The lowest BCUT2D eigenvalue weighted by atomic mass is 10.0. The summed E-state index contributed by atoms with van der Waals surface area (Å²) in [5, 5.41) is 3.29. The molecule has 146 valence electrons. The van der Waals surface area contributed by atoms with Gasteiger partial charge in [0, 0.05) is 10.7 Å². The van der Waals surface area contributed by atoms with Crippen LogP contribution < -0.4 is 10.0 Å². The van der Waals surface area contributed by atoms with E-state index in [1.165, 1.54) is 12.1 Å². The van der Waals surface area contributed by atoms with Crippen LogP contribution in [-0.2, 0) is 14.8 Å². The van der Waals surface area contributed by atoms with E-state index in [4.69, 9.17) is 11.6 Å². The maximum absolute atomic E-state index is 12.8. The highest BCUT2D eigenvalue weighted by atomic mass is 35.5. The first-order valence-electron chi connectivity index (χ1n) is 8.74. The number of sulfonamides is 1. The van der Waals surface area contributed by atoms with Gasteiger partial charge in [-0.25, -0.2) is 8.42 Å². The predicted molar refractivity (Wildman–Crippen MR) is 110 cm³/mol. The highest BCUT2D eigenvalue weighted by Crippen LogP contribution is 2.21. The van der Waals surface area contributed by atoms with E-state index < -0.39 is 22.0 Å². The number of halogens is 1. The maximum Gasteiger partial charge on any atom is 0.242 e. The van der Waals surface area contributed by atoms with Crippen molar-refractivity contribution in [1.82, 2.24) is 4.72 Å². The molecule has 0 aliphatic heterocycles. The summed E-state index contributed by atoms with van der Waals surface area (Å²) in [6, 6.07) is 10.8. The molecule has 2 N–H and O–H groups in total. The zero-order chi connectivity index (χ0) is 20.2. The Labute approximate surface area is 166 Å². The molecule has 0 aliphatic rings. The molecule has 0 spiro atoms. The predicted octanol–water partition coefficient (Wildman–Crippen LogP) is 4.29. The van der Waals surface area contributed by atoms with E-state index in [1.807, 2.05) is 27.7 Å². The van der Waals surface area contributed by atoms with Gasteiger partial charge in [0.2, 0.25) is 15.9 Å². The van der Waals surface area contributed by atoms with Gasteiger partial charge in [-0.2, -0.15) is 4.72 Å². The summed E-state index contributed by atoms with van der Waals surface area (Å²) >= 11 is 6.00. The van der Waals surface area contributed by atoms with Crippen LogP contribution in [0.4, 0.5) is 5.69 Å². The van der Waals surface area contributed by atoms with Gasteiger partial charge in [-0.15, -0.1) is 0 Å². The van der Waals surface area contributed by atoms with Gasteiger partial charge >= 0.3 is 0 Å². The summed E-state index contributed by atoms with van der Waals surface area (Å²) in [6.45, 7) is 7.60. The molecule has 0 fully saturated rings. The summed E-state index contributed by atoms with van der Waals surface area (Å²) in [6.07, 6.45) is 0.372. The molecule has 0 saturated carbocycles. The Morgan fingerprint density at radius 2 is 1.70 bits per heavy atom. The number of hydrogen-bond donors (Lipinski definition) is 2. The van der Waals surface area contributed by atoms with Crippen LogP contribution in [0.1, 0.15) is 31.4 Å². The van der Waals surface area contributed by atoms with Crippen molar-refractivity contribution >= 4 is 33.2 Å². The summed E-state index contributed by atoms with van der Waals surface area (Å²) < 4.78 is 27.9. The second kappa shape index (κ2) is 8.87. The first-order chi connectivity index (χ1) is 12.6. The van der Waals surface area contributed by atoms with Crippen molar-refractivity contribution in [3.8, 4) is 0 Å². The monoisotopic (exact) mass is 408 g/mol. The third kappa shape index (κ3) is 6.06. The Bertz CT molecular complexity index is 909. The van der Waals surface area contributed by atoms with Crippen LogP contribution in [0.5, 0.6) is 0 Å². The first kappa shape index (κ1) is 21.4. The van der Waals surface area contributed by atoms with Gasteiger partial charge < -0.3 is 5.32 Å². The molecular formula is C20H25ClN2O3S. The van der Waals surface area contributed by atoms with E-state index in [0.717, 1.165) is 11.1 Å². The van der Waals surface area contributed by atoms with Gasteiger partial charge in [0.25, 0.3) is 0 Å². The Morgan fingerprint density at radius 1 is 1.07 bits per heavy atom. The smallest absolute Gasteiger partial charge is 0.242 e. The molecule has 1 amide bonds. The minimum Gasteiger partial charge on any atom is -0.324 e. The van der Waals surface area contributed by atoms with Gasteiger partial charge in [0.05, 0.1) is 4.90 Å². The largest absolute Gasteiger partial charge is 0.324 e. The number of carbonyl (C=O) groups excluding carboxylic acids is 1. The summed E-state index contributed by atoms with van der Waals surface area (Å²) in [7, 11) is -3.81. The standard InChI is InChI=1S/C20H25ClN2O3S/c1-13(2)11-19(20(24)22-18-12-16(21)8-7-15(18)4)23-27(25,26)17-9-5-14(3)6-10-17/h5-10,12-13,19,23H,11H2,1-4H3,(H,22,24)/t19-/m0/s1. The number of hydrogen-bond acceptors (Lipinski definition) is 3. The Kier molecular flexibility index (Phi) is 7.03. The van der Waals surface area contributed by atoms with Crippen LogP contribution in [0.15, 0.2) is 47.4 Å². The quantitative estimate of drug-likeness (QED) is 0.717.